The van der Waals surface area contributed by atoms with E-state index < -0.39 is 0 Å². The topological polar surface area (TPSA) is 22.0 Å². The van der Waals surface area contributed by atoms with Crippen molar-refractivity contribution in [1.82, 2.24) is 4.34 Å². The highest BCUT2D eigenvalue weighted by atomic mass is 31.1. The molecular formula is C28H20NOP. The van der Waals surface area contributed by atoms with Crippen molar-refractivity contribution < 1.29 is 4.57 Å². The van der Waals surface area contributed by atoms with Gasteiger partial charge >= 0.3 is 0 Å². The highest BCUT2D eigenvalue weighted by Crippen LogP contribution is 2.49. The van der Waals surface area contributed by atoms with Crippen LogP contribution in [0.3, 0.4) is 0 Å². The molecule has 0 bridgehead atoms. The van der Waals surface area contributed by atoms with Crippen molar-refractivity contribution in [3.8, 4) is 44.8 Å². The first kappa shape index (κ1) is 19.2. The second kappa shape index (κ2) is 8.55. The molecule has 0 saturated heterocycles. The van der Waals surface area contributed by atoms with Crippen LogP contribution >= 0.6 is 8.61 Å². The zero-order chi connectivity index (χ0) is 21.0. The van der Waals surface area contributed by atoms with Crippen LogP contribution in [-0.2, 0) is 4.57 Å². The molecule has 4 aromatic carbocycles. The van der Waals surface area contributed by atoms with Gasteiger partial charge in [-0.05, 0) is 22.3 Å². The SMILES string of the molecule is O=Pn1c(-c2ccccc2)c(-c2ccccc2)c(-c2ccccc2)c1-c1ccccc1. The van der Waals surface area contributed by atoms with Gasteiger partial charge in [-0.2, -0.15) is 0 Å². The molecule has 0 amide bonds. The van der Waals surface area contributed by atoms with Crippen LogP contribution in [0.1, 0.15) is 0 Å². The first-order valence-electron chi connectivity index (χ1n) is 10.2. The molecule has 0 fully saturated rings. The predicted molar refractivity (Wildman–Crippen MR) is 129 cm³/mol. The third kappa shape index (κ3) is 3.52. The first-order valence-corrected chi connectivity index (χ1v) is 11.0. The smallest absolute Gasteiger partial charge is 0.257 e. The molecule has 1 heterocycles. The quantitative estimate of drug-likeness (QED) is 0.264. The van der Waals surface area contributed by atoms with Crippen molar-refractivity contribution in [2.75, 3.05) is 0 Å². The van der Waals surface area contributed by atoms with Gasteiger partial charge in [-0.15, -0.1) is 0 Å². The second-order valence-corrected chi connectivity index (χ2v) is 7.87. The molecule has 0 spiro atoms. The maximum absolute atomic E-state index is 12.7. The molecule has 5 rings (SSSR count). The van der Waals surface area contributed by atoms with Crippen molar-refractivity contribution in [3.05, 3.63) is 121 Å². The Kier molecular flexibility index (Phi) is 5.31. The van der Waals surface area contributed by atoms with Gasteiger partial charge in [0.15, 0.2) is 0 Å². The van der Waals surface area contributed by atoms with Crippen LogP contribution in [0.15, 0.2) is 121 Å². The molecule has 148 valence electrons. The van der Waals surface area contributed by atoms with E-state index in [2.05, 4.69) is 48.5 Å². The van der Waals surface area contributed by atoms with Gasteiger partial charge in [0.25, 0.3) is 8.61 Å². The van der Waals surface area contributed by atoms with E-state index in [0.29, 0.717) is 0 Å². The van der Waals surface area contributed by atoms with E-state index in [-0.39, 0.29) is 8.61 Å². The standard InChI is InChI=1S/C28H20NOP/c30-31-29-27(23-17-9-3-10-18-23)25(21-13-5-1-6-14-21)26(22-15-7-2-8-16-22)28(29)24-19-11-4-12-20-24/h1-20H. The monoisotopic (exact) mass is 417 g/mol. The summed E-state index contributed by atoms with van der Waals surface area (Å²) in [6.45, 7) is 0. The Morgan fingerprint density at radius 3 is 1.00 bits per heavy atom. The predicted octanol–water partition coefficient (Wildman–Crippen LogP) is 8.21. The number of benzene rings is 4. The van der Waals surface area contributed by atoms with Gasteiger partial charge in [0.05, 0.1) is 11.4 Å². The number of hydrogen-bond acceptors (Lipinski definition) is 1. The molecule has 0 unspecified atom stereocenters. The second-order valence-electron chi connectivity index (χ2n) is 7.30. The number of rotatable bonds is 5. The normalized spacial score (nSPS) is 11.0. The zero-order valence-electron chi connectivity index (χ0n) is 16.8. The fourth-order valence-electron chi connectivity index (χ4n) is 4.14. The summed E-state index contributed by atoms with van der Waals surface area (Å²) in [7, 11) is -0.0724. The molecule has 2 nitrogen and oxygen atoms in total. The fourth-order valence-corrected chi connectivity index (χ4v) is 4.73. The summed E-state index contributed by atoms with van der Waals surface area (Å²) in [6, 6.07) is 41.1. The minimum Gasteiger partial charge on any atom is -0.257 e. The molecule has 0 aliphatic heterocycles. The summed E-state index contributed by atoms with van der Waals surface area (Å²) in [5, 5.41) is 0. The molecule has 0 saturated carbocycles. The summed E-state index contributed by atoms with van der Waals surface area (Å²) in [6.07, 6.45) is 0. The van der Waals surface area contributed by atoms with Gasteiger partial charge in [0.1, 0.15) is 0 Å². The van der Waals surface area contributed by atoms with E-state index in [0.717, 1.165) is 44.8 Å². The van der Waals surface area contributed by atoms with Crippen molar-refractivity contribution >= 4 is 8.61 Å². The Morgan fingerprint density at radius 1 is 0.419 bits per heavy atom. The summed E-state index contributed by atoms with van der Waals surface area (Å²) in [5.74, 6) is 0. The minimum absolute atomic E-state index is 0.0724. The average Bonchev–Trinajstić information content (AvgIpc) is 3.21. The van der Waals surface area contributed by atoms with Crippen LogP contribution in [0.4, 0.5) is 0 Å². The van der Waals surface area contributed by atoms with E-state index in [1.165, 1.54) is 0 Å². The third-order valence-corrected chi connectivity index (χ3v) is 6.01. The maximum Gasteiger partial charge on any atom is 0.287 e. The lowest BCUT2D eigenvalue weighted by molar-refractivity contribution is 0.595. The van der Waals surface area contributed by atoms with E-state index in [1.807, 2.05) is 77.1 Å². The van der Waals surface area contributed by atoms with Crippen molar-refractivity contribution in [2.24, 2.45) is 0 Å². The molecule has 0 aliphatic carbocycles. The Morgan fingerprint density at radius 2 is 0.710 bits per heavy atom. The summed E-state index contributed by atoms with van der Waals surface area (Å²) >= 11 is 0. The summed E-state index contributed by atoms with van der Waals surface area (Å²) in [4.78, 5) is 0. The molecule has 0 aliphatic rings. The van der Waals surface area contributed by atoms with Gasteiger partial charge in [-0.1, -0.05) is 121 Å². The number of aromatic nitrogens is 1. The van der Waals surface area contributed by atoms with Crippen LogP contribution in [0.5, 0.6) is 0 Å². The van der Waals surface area contributed by atoms with Gasteiger partial charge < -0.3 is 0 Å². The zero-order valence-corrected chi connectivity index (χ0v) is 17.7. The van der Waals surface area contributed by atoms with Gasteiger partial charge in [0, 0.05) is 11.1 Å². The van der Waals surface area contributed by atoms with Crippen LogP contribution in [0, 0.1) is 0 Å². The Labute approximate surface area is 183 Å². The van der Waals surface area contributed by atoms with Crippen molar-refractivity contribution in [3.63, 3.8) is 0 Å². The van der Waals surface area contributed by atoms with Crippen molar-refractivity contribution in [2.45, 2.75) is 0 Å². The third-order valence-electron chi connectivity index (χ3n) is 5.45. The highest BCUT2D eigenvalue weighted by Gasteiger charge is 2.27. The Bertz CT molecular complexity index is 1210. The van der Waals surface area contributed by atoms with Crippen LogP contribution in [0.2, 0.25) is 0 Å². The van der Waals surface area contributed by atoms with Crippen LogP contribution in [0.25, 0.3) is 44.8 Å². The molecule has 0 atom stereocenters. The maximum atomic E-state index is 12.7. The number of nitrogens with zero attached hydrogens (tertiary/aromatic N) is 1. The first-order chi connectivity index (χ1) is 15.4. The molecular weight excluding hydrogens is 397 g/mol. The average molecular weight is 417 g/mol. The van der Waals surface area contributed by atoms with E-state index in [9.17, 15) is 4.57 Å². The van der Waals surface area contributed by atoms with E-state index in [4.69, 9.17) is 0 Å². The lowest BCUT2D eigenvalue weighted by Gasteiger charge is -2.10. The van der Waals surface area contributed by atoms with Gasteiger partial charge in [-0.3, -0.25) is 4.34 Å². The lowest BCUT2D eigenvalue weighted by atomic mass is 9.91. The largest absolute Gasteiger partial charge is 0.287 e. The molecule has 0 radical (unpaired) electrons. The molecule has 3 heteroatoms. The number of hydrogen-bond donors (Lipinski definition) is 0. The fraction of sp³-hybridized carbons (Fsp3) is 0. The van der Waals surface area contributed by atoms with Crippen LogP contribution < -0.4 is 0 Å². The van der Waals surface area contributed by atoms with E-state index >= 15 is 0 Å². The molecule has 1 aromatic heterocycles. The molecule has 31 heavy (non-hydrogen) atoms. The lowest BCUT2D eigenvalue weighted by Crippen LogP contribution is -1.90. The van der Waals surface area contributed by atoms with Crippen molar-refractivity contribution in [1.29, 1.82) is 0 Å². The summed E-state index contributed by atoms with van der Waals surface area (Å²) in [5.41, 5.74) is 8.32. The minimum atomic E-state index is -0.0724. The highest BCUT2D eigenvalue weighted by molar-refractivity contribution is 7.22. The Balaban J connectivity index is 1.98. The Hall–Kier alpha value is -3.74. The van der Waals surface area contributed by atoms with Crippen LogP contribution in [-0.4, -0.2) is 4.34 Å². The van der Waals surface area contributed by atoms with Gasteiger partial charge in [-0.25, -0.2) is 4.57 Å². The van der Waals surface area contributed by atoms with E-state index in [1.54, 1.807) is 0 Å². The molecule has 0 N–H and O–H groups in total. The summed E-state index contributed by atoms with van der Waals surface area (Å²) < 4.78 is 14.6. The molecule has 5 aromatic rings. The van der Waals surface area contributed by atoms with Gasteiger partial charge in [0.2, 0.25) is 0 Å².